The summed E-state index contributed by atoms with van der Waals surface area (Å²) in [6.07, 6.45) is 1.56. The topological polar surface area (TPSA) is 59.9 Å². The first-order valence-corrected chi connectivity index (χ1v) is 9.03. The first-order valence-electron chi connectivity index (χ1n) is 7.77. The van der Waals surface area contributed by atoms with Crippen LogP contribution in [-0.2, 0) is 4.79 Å². The van der Waals surface area contributed by atoms with Crippen LogP contribution >= 0.6 is 23.4 Å². The number of hydrogen-bond acceptors (Lipinski definition) is 5. The molecule has 1 amide bonds. The van der Waals surface area contributed by atoms with Crippen molar-refractivity contribution in [2.75, 3.05) is 13.2 Å². The van der Waals surface area contributed by atoms with E-state index in [9.17, 15) is 4.79 Å². The number of hydrazone groups is 1. The van der Waals surface area contributed by atoms with Crippen molar-refractivity contribution in [3.05, 3.63) is 53.1 Å². The summed E-state index contributed by atoms with van der Waals surface area (Å²) in [7, 11) is 0. The average Bonchev–Trinajstić information content (AvgIpc) is 2.63. The Labute approximate surface area is 155 Å². The van der Waals surface area contributed by atoms with E-state index in [1.165, 1.54) is 11.8 Å². The standard InChI is InChI=1S/C18H17ClN2O3S/c1-12(25-15-7-5-14(19)6-8-15)18(22)21-20-11-13-3-2-4-16-17(13)24-10-9-23-16/h2-8,11-12H,9-10H2,1H3,(H,21,22)/b20-11-/t12-/m1/s1. The Balaban J connectivity index is 1.58. The number of hydrogen-bond donors (Lipinski definition) is 1. The summed E-state index contributed by atoms with van der Waals surface area (Å²) in [5.41, 5.74) is 3.32. The number of rotatable bonds is 5. The first-order chi connectivity index (χ1) is 12.1. The molecule has 0 spiro atoms. The minimum Gasteiger partial charge on any atom is -0.486 e. The van der Waals surface area contributed by atoms with Crippen LogP contribution in [0.5, 0.6) is 11.5 Å². The van der Waals surface area contributed by atoms with Gasteiger partial charge in [-0.1, -0.05) is 17.7 Å². The van der Waals surface area contributed by atoms with E-state index in [0.717, 1.165) is 10.5 Å². The highest BCUT2D eigenvalue weighted by Gasteiger charge is 2.15. The largest absolute Gasteiger partial charge is 0.486 e. The third kappa shape index (κ3) is 4.67. The smallest absolute Gasteiger partial charge is 0.253 e. The molecule has 0 saturated heterocycles. The monoisotopic (exact) mass is 376 g/mol. The average molecular weight is 377 g/mol. The summed E-state index contributed by atoms with van der Waals surface area (Å²) >= 11 is 7.30. The highest BCUT2D eigenvalue weighted by atomic mass is 35.5. The molecule has 0 radical (unpaired) electrons. The van der Waals surface area contributed by atoms with Crippen molar-refractivity contribution >= 4 is 35.5 Å². The van der Waals surface area contributed by atoms with Crippen LogP contribution in [0.2, 0.25) is 5.02 Å². The highest BCUT2D eigenvalue weighted by molar-refractivity contribution is 8.00. The van der Waals surface area contributed by atoms with Gasteiger partial charge in [0, 0.05) is 15.5 Å². The molecule has 1 N–H and O–H groups in total. The van der Waals surface area contributed by atoms with Gasteiger partial charge >= 0.3 is 0 Å². The Morgan fingerprint density at radius 3 is 2.80 bits per heavy atom. The number of nitrogens with zero attached hydrogens (tertiary/aromatic N) is 1. The van der Waals surface area contributed by atoms with Crippen LogP contribution in [0.25, 0.3) is 0 Å². The Morgan fingerprint density at radius 1 is 1.24 bits per heavy atom. The lowest BCUT2D eigenvalue weighted by Crippen LogP contribution is -2.26. The van der Waals surface area contributed by atoms with E-state index in [1.807, 2.05) is 37.3 Å². The number of halogens is 1. The van der Waals surface area contributed by atoms with Crippen molar-refractivity contribution in [2.24, 2.45) is 5.10 Å². The second-order valence-electron chi connectivity index (χ2n) is 5.32. The molecule has 1 atom stereocenters. The van der Waals surface area contributed by atoms with E-state index in [0.29, 0.717) is 29.7 Å². The zero-order valence-electron chi connectivity index (χ0n) is 13.6. The van der Waals surface area contributed by atoms with Gasteiger partial charge in [-0.25, -0.2) is 5.43 Å². The molecule has 25 heavy (non-hydrogen) atoms. The Kier molecular flexibility index (Phi) is 5.83. The molecule has 0 bridgehead atoms. The van der Waals surface area contributed by atoms with Crippen molar-refractivity contribution in [3.8, 4) is 11.5 Å². The van der Waals surface area contributed by atoms with Gasteiger partial charge in [-0.15, -0.1) is 11.8 Å². The molecule has 0 aliphatic carbocycles. The molecule has 0 unspecified atom stereocenters. The van der Waals surface area contributed by atoms with E-state index in [-0.39, 0.29) is 11.2 Å². The summed E-state index contributed by atoms with van der Waals surface area (Å²) in [6, 6.07) is 12.9. The zero-order chi connectivity index (χ0) is 17.6. The SMILES string of the molecule is C[C@@H](Sc1ccc(Cl)cc1)C(=O)N/N=C\c1cccc2c1OCCO2. The predicted octanol–water partition coefficient (Wildman–Crippen LogP) is 3.74. The predicted molar refractivity (Wildman–Crippen MR) is 99.9 cm³/mol. The molecule has 1 heterocycles. The number of carbonyl (C=O) groups is 1. The Bertz CT molecular complexity index is 780. The summed E-state index contributed by atoms with van der Waals surface area (Å²) < 4.78 is 11.1. The molecule has 0 aromatic heterocycles. The molecule has 0 saturated carbocycles. The Hall–Kier alpha value is -2.18. The third-order valence-electron chi connectivity index (χ3n) is 3.47. The molecule has 2 aromatic carbocycles. The van der Waals surface area contributed by atoms with Gasteiger partial charge in [0.05, 0.1) is 11.5 Å². The van der Waals surface area contributed by atoms with Crippen molar-refractivity contribution in [1.82, 2.24) is 5.43 Å². The van der Waals surface area contributed by atoms with Crippen LogP contribution in [0.3, 0.4) is 0 Å². The van der Waals surface area contributed by atoms with E-state index in [2.05, 4.69) is 10.5 Å². The maximum atomic E-state index is 12.2. The highest BCUT2D eigenvalue weighted by Crippen LogP contribution is 2.32. The number of benzene rings is 2. The van der Waals surface area contributed by atoms with Crippen LogP contribution in [-0.4, -0.2) is 30.6 Å². The van der Waals surface area contributed by atoms with Crippen molar-refractivity contribution in [1.29, 1.82) is 0 Å². The van der Waals surface area contributed by atoms with Crippen LogP contribution in [0, 0.1) is 0 Å². The Morgan fingerprint density at radius 2 is 2.00 bits per heavy atom. The maximum Gasteiger partial charge on any atom is 0.253 e. The van der Waals surface area contributed by atoms with Gasteiger partial charge in [0.1, 0.15) is 13.2 Å². The lowest BCUT2D eigenvalue weighted by atomic mass is 10.2. The first kappa shape index (κ1) is 17.6. The van der Waals surface area contributed by atoms with E-state index in [1.54, 1.807) is 18.3 Å². The van der Waals surface area contributed by atoms with Gasteiger partial charge in [0.25, 0.3) is 5.91 Å². The van der Waals surface area contributed by atoms with Gasteiger partial charge < -0.3 is 9.47 Å². The van der Waals surface area contributed by atoms with Crippen LogP contribution in [0.4, 0.5) is 0 Å². The lowest BCUT2D eigenvalue weighted by molar-refractivity contribution is -0.120. The van der Waals surface area contributed by atoms with Gasteiger partial charge in [-0.2, -0.15) is 5.10 Å². The normalized spacial score (nSPS) is 14.3. The number of para-hydroxylation sites is 1. The van der Waals surface area contributed by atoms with E-state index >= 15 is 0 Å². The number of carbonyl (C=O) groups excluding carboxylic acids is 1. The maximum absolute atomic E-state index is 12.2. The van der Waals surface area contributed by atoms with Crippen LogP contribution in [0.1, 0.15) is 12.5 Å². The van der Waals surface area contributed by atoms with Crippen molar-refractivity contribution in [2.45, 2.75) is 17.1 Å². The fraction of sp³-hybridized carbons (Fsp3) is 0.222. The van der Waals surface area contributed by atoms with Gasteiger partial charge in [-0.3, -0.25) is 4.79 Å². The molecule has 2 aromatic rings. The van der Waals surface area contributed by atoms with Gasteiger partial charge in [0.2, 0.25) is 0 Å². The summed E-state index contributed by atoms with van der Waals surface area (Å²) in [5, 5.41) is 4.41. The van der Waals surface area contributed by atoms with Gasteiger partial charge in [0.15, 0.2) is 11.5 Å². The van der Waals surface area contributed by atoms with Gasteiger partial charge in [-0.05, 0) is 43.3 Å². The number of ether oxygens (including phenoxy) is 2. The van der Waals surface area contributed by atoms with Crippen LogP contribution < -0.4 is 14.9 Å². The second kappa shape index (κ2) is 8.27. The number of amides is 1. The molecule has 130 valence electrons. The molecule has 7 heteroatoms. The molecule has 0 fully saturated rings. The molecular formula is C18H17ClN2O3S. The summed E-state index contributed by atoms with van der Waals surface area (Å²) in [6.45, 7) is 2.86. The zero-order valence-corrected chi connectivity index (χ0v) is 15.1. The number of nitrogens with one attached hydrogen (secondary N) is 1. The lowest BCUT2D eigenvalue weighted by Gasteiger charge is -2.19. The molecule has 1 aliphatic heterocycles. The number of fused-ring (bicyclic) bond motifs is 1. The minimum atomic E-state index is -0.289. The fourth-order valence-electron chi connectivity index (χ4n) is 2.23. The third-order valence-corrected chi connectivity index (χ3v) is 4.83. The molecule has 5 nitrogen and oxygen atoms in total. The molecular weight excluding hydrogens is 360 g/mol. The van der Waals surface area contributed by atoms with Crippen molar-refractivity contribution in [3.63, 3.8) is 0 Å². The molecule has 3 rings (SSSR count). The minimum absolute atomic E-state index is 0.182. The molecule has 1 aliphatic rings. The number of thioether (sulfide) groups is 1. The van der Waals surface area contributed by atoms with E-state index in [4.69, 9.17) is 21.1 Å². The van der Waals surface area contributed by atoms with Crippen LogP contribution in [0.15, 0.2) is 52.5 Å². The summed E-state index contributed by atoms with van der Waals surface area (Å²) in [5.74, 6) is 1.15. The van der Waals surface area contributed by atoms with Crippen molar-refractivity contribution < 1.29 is 14.3 Å². The second-order valence-corrected chi connectivity index (χ2v) is 7.17. The quantitative estimate of drug-likeness (QED) is 0.490. The van der Waals surface area contributed by atoms with E-state index < -0.39 is 0 Å². The summed E-state index contributed by atoms with van der Waals surface area (Å²) in [4.78, 5) is 13.1. The fourth-order valence-corrected chi connectivity index (χ4v) is 3.21.